The van der Waals surface area contributed by atoms with Gasteiger partial charge in [0.25, 0.3) is 0 Å². The van der Waals surface area contributed by atoms with Gasteiger partial charge >= 0.3 is 0 Å². The molecule has 3 heteroatoms. The molecule has 0 saturated heterocycles. The number of rotatable bonds is 3. The van der Waals surface area contributed by atoms with Crippen LogP contribution in [0, 0.1) is 5.82 Å². The third-order valence-corrected chi connectivity index (χ3v) is 1.90. The van der Waals surface area contributed by atoms with Crippen LogP contribution in [0.5, 0.6) is 0 Å². The van der Waals surface area contributed by atoms with E-state index in [9.17, 15) is 4.39 Å². The Kier molecular flexibility index (Phi) is 3.43. The normalized spacial score (nSPS) is 11.7. The molecule has 0 radical (unpaired) electrons. The van der Waals surface area contributed by atoms with Gasteiger partial charge < -0.3 is 5.73 Å². The van der Waals surface area contributed by atoms with E-state index in [1.165, 1.54) is 6.07 Å². The SMILES string of the molecule is CN=C(N)CCc1ccccc1F. The van der Waals surface area contributed by atoms with Gasteiger partial charge in [-0.05, 0) is 18.1 Å². The van der Waals surface area contributed by atoms with E-state index >= 15 is 0 Å². The molecule has 1 aromatic rings. The highest BCUT2D eigenvalue weighted by Gasteiger charge is 2.00. The second-order valence-corrected chi connectivity index (χ2v) is 2.81. The van der Waals surface area contributed by atoms with Crippen molar-refractivity contribution >= 4 is 5.84 Å². The van der Waals surface area contributed by atoms with E-state index in [0.29, 0.717) is 24.2 Å². The van der Waals surface area contributed by atoms with Gasteiger partial charge in [0.2, 0.25) is 0 Å². The number of aliphatic imine (C=N–C) groups is 1. The lowest BCUT2D eigenvalue weighted by atomic mass is 10.1. The minimum absolute atomic E-state index is 0.175. The van der Waals surface area contributed by atoms with Gasteiger partial charge in [0.1, 0.15) is 5.82 Å². The van der Waals surface area contributed by atoms with Crippen molar-refractivity contribution in [1.29, 1.82) is 0 Å². The van der Waals surface area contributed by atoms with Crippen LogP contribution in [0.25, 0.3) is 0 Å². The van der Waals surface area contributed by atoms with Crippen molar-refractivity contribution in [2.45, 2.75) is 12.8 Å². The summed E-state index contributed by atoms with van der Waals surface area (Å²) in [5.74, 6) is 0.384. The second-order valence-electron chi connectivity index (χ2n) is 2.81. The molecule has 0 amide bonds. The summed E-state index contributed by atoms with van der Waals surface area (Å²) < 4.78 is 13.1. The summed E-state index contributed by atoms with van der Waals surface area (Å²) in [4.78, 5) is 3.81. The molecule has 1 rings (SSSR count). The molecule has 0 fully saturated rings. The van der Waals surface area contributed by atoms with Crippen LogP contribution in [-0.4, -0.2) is 12.9 Å². The molecule has 0 aliphatic carbocycles. The molecular weight excluding hydrogens is 167 g/mol. The Morgan fingerprint density at radius 3 is 2.77 bits per heavy atom. The van der Waals surface area contributed by atoms with Gasteiger partial charge in [-0.3, -0.25) is 4.99 Å². The molecule has 70 valence electrons. The van der Waals surface area contributed by atoms with Crippen LogP contribution in [0.2, 0.25) is 0 Å². The van der Waals surface area contributed by atoms with E-state index in [1.54, 1.807) is 19.2 Å². The zero-order chi connectivity index (χ0) is 9.68. The molecule has 0 aromatic heterocycles. The van der Waals surface area contributed by atoms with Gasteiger partial charge in [-0.1, -0.05) is 18.2 Å². The van der Waals surface area contributed by atoms with Crippen LogP contribution in [0.3, 0.4) is 0 Å². The summed E-state index contributed by atoms with van der Waals surface area (Å²) >= 11 is 0. The quantitative estimate of drug-likeness (QED) is 0.558. The predicted octanol–water partition coefficient (Wildman–Crippen LogP) is 1.75. The minimum Gasteiger partial charge on any atom is -0.387 e. The Bertz CT molecular complexity index is 308. The fraction of sp³-hybridized carbons (Fsp3) is 0.300. The molecule has 0 saturated carbocycles. The molecule has 13 heavy (non-hydrogen) atoms. The van der Waals surface area contributed by atoms with E-state index in [0.717, 1.165) is 0 Å². The van der Waals surface area contributed by atoms with Crippen LogP contribution >= 0.6 is 0 Å². The molecule has 0 unspecified atom stereocenters. The van der Waals surface area contributed by atoms with Gasteiger partial charge in [0.05, 0.1) is 5.84 Å². The van der Waals surface area contributed by atoms with Crippen molar-refractivity contribution in [3.05, 3.63) is 35.6 Å². The van der Waals surface area contributed by atoms with Crippen molar-refractivity contribution in [2.24, 2.45) is 10.7 Å². The first-order chi connectivity index (χ1) is 6.24. The van der Waals surface area contributed by atoms with Gasteiger partial charge in [-0.25, -0.2) is 4.39 Å². The molecule has 0 heterocycles. The summed E-state index contributed by atoms with van der Waals surface area (Å²) in [7, 11) is 1.64. The van der Waals surface area contributed by atoms with Crippen molar-refractivity contribution in [3.63, 3.8) is 0 Å². The molecule has 0 spiro atoms. The lowest BCUT2D eigenvalue weighted by Crippen LogP contribution is -2.12. The standard InChI is InChI=1S/C10H13FN2/c1-13-10(12)7-6-8-4-2-3-5-9(8)11/h2-5H,6-7H2,1H3,(H2,12,13). The molecule has 0 aliphatic rings. The fourth-order valence-electron chi connectivity index (χ4n) is 1.08. The van der Waals surface area contributed by atoms with E-state index in [2.05, 4.69) is 4.99 Å². The molecule has 0 atom stereocenters. The predicted molar refractivity (Wildman–Crippen MR) is 52.3 cm³/mol. The van der Waals surface area contributed by atoms with Crippen molar-refractivity contribution in [2.75, 3.05) is 7.05 Å². The van der Waals surface area contributed by atoms with Crippen molar-refractivity contribution in [3.8, 4) is 0 Å². The Morgan fingerprint density at radius 1 is 1.46 bits per heavy atom. The molecule has 0 bridgehead atoms. The summed E-state index contributed by atoms with van der Waals surface area (Å²) in [5, 5.41) is 0. The Morgan fingerprint density at radius 2 is 2.15 bits per heavy atom. The van der Waals surface area contributed by atoms with Crippen LogP contribution < -0.4 is 5.73 Å². The summed E-state index contributed by atoms with van der Waals surface area (Å²) in [6.45, 7) is 0. The first-order valence-electron chi connectivity index (χ1n) is 4.18. The zero-order valence-electron chi connectivity index (χ0n) is 7.63. The number of benzene rings is 1. The largest absolute Gasteiger partial charge is 0.387 e. The van der Waals surface area contributed by atoms with Gasteiger partial charge in [-0.15, -0.1) is 0 Å². The lowest BCUT2D eigenvalue weighted by Gasteiger charge is -2.01. The van der Waals surface area contributed by atoms with E-state index in [4.69, 9.17) is 5.73 Å². The maximum Gasteiger partial charge on any atom is 0.126 e. The van der Waals surface area contributed by atoms with Crippen LogP contribution in [0.15, 0.2) is 29.3 Å². The highest BCUT2D eigenvalue weighted by Crippen LogP contribution is 2.08. The number of halogens is 1. The van der Waals surface area contributed by atoms with Crippen LogP contribution in [0.4, 0.5) is 4.39 Å². The Labute approximate surface area is 77.3 Å². The van der Waals surface area contributed by atoms with E-state index in [-0.39, 0.29) is 5.82 Å². The number of nitrogens with two attached hydrogens (primary N) is 1. The smallest absolute Gasteiger partial charge is 0.126 e. The average molecular weight is 180 g/mol. The number of nitrogens with zero attached hydrogens (tertiary/aromatic N) is 1. The monoisotopic (exact) mass is 180 g/mol. The number of hydrogen-bond acceptors (Lipinski definition) is 1. The van der Waals surface area contributed by atoms with Gasteiger partial charge in [-0.2, -0.15) is 0 Å². The Balaban J connectivity index is 2.60. The third-order valence-electron chi connectivity index (χ3n) is 1.90. The Hall–Kier alpha value is -1.38. The molecule has 2 N–H and O–H groups in total. The summed E-state index contributed by atoms with van der Waals surface area (Å²) in [5.41, 5.74) is 6.19. The second kappa shape index (κ2) is 4.60. The summed E-state index contributed by atoms with van der Waals surface area (Å²) in [6.07, 6.45) is 1.22. The minimum atomic E-state index is -0.175. The lowest BCUT2D eigenvalue weighted by molar-refractivity contribution is 0.610. The highest BCUT2D eigenvalue weighted by molar-refractivity contribution is 5.80. The summed E-state index contributed by atoms with van der Waals surface area (Å²) in [6, 6.07) is 6.71. The number of hydrogen-bond donors (Lipinski definition) is 1. The first kappa shape index (κ1) is 9.71. The third kappa shape index (κ3) is 2.86. The molecule has 2 nitrogen and oxygen atoms in total. The van der Waals surface area contributed by atoms with Crippen LogP contribution in [-0.2, 0) is 6.42 Å². The van der Waals surface area contributed by atoms with E-state index in [1.807, 2.05) is 6.07 Å². The average Bonchev–Trinajstić information content (AvgIpc) is 2.16. The van der Waals surface area contributed by atoms with Crippen molar-refractivity contribution in [1.82, 2.24) is 0 Å². The fourth-order valence-corrected chi connectivity index (χ4v) is 1.08. The van der Waals surface area contributed by atoms with Crippen molar-refractivity contribution < 1.29 is 4.39 Å². The molecular formula is C10H13FN2. The molecule has 1 aromatic carbocycles. The van der Waals surface area contributed by atoms with Gasteiger partial charge in [0, 0.05) is 13.5 Å². The number of amidine groups is 1. The van der Waals surface area contributed by atoms with Gasteiger partial charge in [0.15, 0.2) is 0 Å². The zero-order valence-corrected chi connectivity index (χ0v) is 7.63. The topological polar surface area (TPSA) is 38.4 Å². The maximum absolute atomic E-state index is 13.1. The molecule has 0 aliphatic heterocycles. The number of aryl methyl sites for hydroxylation is 1. The maximum atomic E-state index is 13.1. The highest BCUT2D eigenvalue weighted by atomic mass is 19.1. The first-order valence-corrected chi connectivity index (χ1v) is 4.18. The van der Waals surface area contributed by atoms with E-state index < -0.39 is 0 Å². The van der Waals surface area contributed by atoms with Crippen LogP contribution in [0.1, 0.15) is 12.0 Å².